The number of para-hydroxylation sites is 1. The van der Waals surface area contributed by atoms with E-state index in [1.165, 1.54) is 4.70 Å². The van der Waals surface area contributed by atoms with Gasteiger partial charge in [0.25, 0.3) is 0 Å². The summed E-state index contributed by atoms with van der Waals surface area (Å²) in [5.74, 6) is -0.428. The standard InChI is InChI=1S/C20H13N3S/c21-11-10-15(12-22)19-16(14-6-2-1-3-7-14)13-23-17-8-4-5-9-18(17)24-20(19)23/h1-9,13,15H,10H2/t15-/m0/s1. The molecule has 114 valence electrons. The SMILES string of the molecule is N#CC[C@@H](C#N)c1c(-c2ccccc2)cn2c1sc1ccccc12. The molecule has 0 aliphatic heterocycles. The second kappa shape index (κ2) is 5.85. The Morgan fingerprint density at radius 3 is 2.50 bits per heavy atom. The lowest BCUT2D eigenvalue weighted by Crippen LogP contribution is -1.95. The molecule has 2 heterocycles. The molecular weight excluding hydrogens is 314 g/mol. The predicted molar refractivity (Wildman–Crippen MR) is 96.8 cm³/mol. The van der Waals surface area contributed by atoms with Gasteiger partial charge in [0.1, 0.15) is 4.83 Å². The third kappa shape index (κ3) is 2.17. The van der Waals surface area contributed by atoms with Crippen LogP contribution in [0.5, 0.6) is 0 Å². The first-order valence-corrected chi connectivity index (χ1v) is 8.49. The summed E-state index contributed by atoms with van der Waals surface area (Å²) in [4.78, 5) is 1.05. The average molecular weight is 327 g/mol. The summed E-state index contributed by atoms with van der Waals surface area (Å²) in [6, 6.07) is 22.8. The van der Waals surface area contributed by atoms with E-state index in [1.54, 1.807) is 11.3 Å². The Balaban J connectivity index is 2.08. The van der Waals surface area contributed by atoms with Crippen LogP contribution in [0.3, 0.4) is 0 Å². The van der Waals surface area contributed by atoms with Gasteiger partial charge in [-0.1, -0.05) is 42.5 Å². The van der Waals surface area contributed by atoms with Crippen LogP contribution in [0.2, 0.25) is 0 Å². The van der Waals surface area contributed by atoms with E-state index in [0.717, 1.165) is 27.0 Å². The van der Waals surface area contributed by atoms with Crippen molar-refractivity contribution < 1.29 is 0 Å². The third-order valence-electron chi connectivity index (χ3n) is 4.21. The first-order chi connectivity index (χ1) is 11.8. The first-order valence-electron chi connectivity index (χ1n) is 7.68. The van der Waals surface area contributed by atoms with Gasteiger partial charge in [0.15, 0.2) is 0 Å². The zero-order valence-corrected chi connectivity index (χ0v) is 13.6. The van der Waals surface area contributed by atoms with Crippen LogP contribution >= 0.6 is 11.3 Å². The number of thiazole rings is 1. The molecule has 4 heteroatoms. The number of benzene rings is 2. The molecule has 2 aromatic carbocycles. The molecular formula is C20H13N3S. The van der Waals surface area contributed by atoms with Crippen LogP contribution in [0.15, 0.2) is 60.8 Å². The highest BCUT2D eigenvalue weighted by Gasteiger charge is 2.23. The number of rotatable bonds is 3. The van der Waals surface area contributed by atoms with E-state index in [4.69, 9.17) is 5.26 Å². The van der Waals surface area contributed by atoms with Crippen molar-refractivity contribution in [3.05, 3.63) is 66.4 Å². The Bertz CT molecular complexity index is 1110. The van der Waals surface area contributed by atoms with Crippen LogP contribution in [-0.2, 0) is 0 Å². The average Bonchev–Trinajstić information content (AvgIpc) is 3.17. The fourth-order valence-corrected chi connectivity index (χ4v) is 4.36. The Kier molecular flexibility index (Phi) is 3.54. The summed E-state index contributed by atoms with van der Waals surface area (Å²) >= 11 is 1.68. The fraction of sp³-hybridized carbons (Fsp3) is 0.100. The normalized spacial score (nSPS) is 12.1. The van der Waals surface area contributed by atoms with Crippen molar-refractivity contribution in [3.8, 4) is 23.3 Å². The molecule has 2 aromatic heterocycles. The van der Waals surface area contributed by atoms with Gasteiger partial charge < -0.3 is 4.40 Å². The van der Waals surface area contributed by atoms with Gasteiger partial charge in [-0.25, -0.2) is 0 Å². The molecule has 4 rings (SSSR count). The summed E-state index contributed by atoms with van der Waals surface area (Å²) < 4.78 is 3.33. The molecule has 3 nitrogen and oxygen atoms in total. The largest absolute Gasteiger partial charge is 0.306 e. The van der Waals surface area contributed by atoms with Crippen LogP contribution < -0.4 is 0 Å². The molecule has 0 fully saturated rings. The number of nitrogens with zero attached hydrogens (tertiary/aromatic N) is 3. The number of fused-ring (bicyclic) bond motifs is 3. The highest BCUT2D eigenvalue weighted by Crippen LogP contribution is 2.41. The zero-order chi connectivity index (χ0) is 16.5. The summed E-state index contributed by atoms with van der Waals surface area (Å²) in [6.45, 7) is 0. The van der Waals surface area contributed by atoms with Gasteiger partial charge in [-0.2, -0.15) is 10.5 Å². The molecule has 0 N–H and O–H groups in total. The molecule has 24 heavy (non-hydrogen) atoms. The summed E-state index contributed by atoms with van der Waals surface area (Å²) in [7, 11) is 0. The minimum atomic E-state index is -0.428. The molecule has 0 radical (unpaired) electrons. The second-order valence-corrected chi connectivity index (χ2v) is 6.64. The Morgan fingerprint density at radius 2 is 1.75 bits per heavy atom. The predicted octanol–water partition coefficient (Wildman–Crippen LogP) is 5.34. The first kappa shape index (κ1) is 14.5. The monoisotopic (exact) mass is 327 g/mol. The smallest absolute Gasteiger partial charge is 0.105 e. The maximum Gasteiger partial charge on any atom is 0.105 e. The van der Waals surface area contributed by atoms with Crippen molar-refractivity contribution in [1.82, 2.24) is 4.40 Å². The lowest BCUT2D eigenvalue weighted by atomic mass is 9.93. The maximum atomic E-state index is 9.63. The van der Waals surface area contributed by atoms with Gasteiger partial charge in [-0.05, 0) is 17.7 Å². The number of nitriles is 2. The molecule has 1 atom stereocenters. The molecule has 0 aliphatic carbocycles. The molecule has 0 spiro atoms. The van der Waals surface area contributed by atoms with Crippen molar-refractivity contribution in [1.29, 1.82) is 10.5 Å². The van der Waals surface area contributed by atoms with E-state index >= 15 is 0 Å². The van der Waals surface area contributed by atoms with E-state index in [-0.39, 0.29) is 6.42 Å². The zero-order valence-electron chi connectivity index (χ0n) is 12.8. The molecule has 0 amide bonds. The molecule has 4 aromatic rings. The van der Waals surface area contributed by atoms with Crippen LogP contribution in [0.1, 0.15) is 17.9 Å². The van der Waals surface area contributed by atoms with Crippen LogP contribution in [0.25, 0.3) is 26.2 Å². The van der Waals surface area contributed by atoms with Crippen LogP contribution in [0.4, 0.5) is 0 Å². The van der Waals surface area contributed by atoms with Gasteiger partial charge in [0.05, 0.1) is 34.7 Å². The Labute approximate surface area is 143 Å². The van der Waals surface area contributed by atoms with Crippen LogP contribution in [-0.4, -0.2) is 4.40 Å². The van der Waals surface area contributed by atoms with Gasteiger partial charge in [0.2, 0.25) is 0 Å². The van der Waals surface area contributed by atoms with E-state index in [2.05, 4.69) is 34.9 Å². The van der Waals surface area contributed by atoms with Crippen molar-refractivity contribution >= 4 is 26.4 Å². The molecule has 0 saturated carbocycles. The highest BCUT2D eigenvalue weighted by molar-refractivity contribution is 7.24. The third-order valence-corrected chi connectivity index (χ3v) is 5.39. The van der Waals surface area contributed by atoms with Crippen LogP contribution in [0, 0.1) is 22.7 Å². The topological polar surface area (TPSA) is 52.0 Å². The van der Waals surface area contributed by atoms with Gasteiger partial charge in [-0.3, -0.25) is 0 Å². The van der Waals surface area contributed by atoms with Gasteiger partial charge in [0, 0.05) is 17.3 Å². The van der Waals surface area contributed by atoms with Gasteiger partial charge in [-0.15, -0.1) is 11.3 Å². The minimum Gasteiger partial charge on any atom is -0.306 e. The lowest BCUT2D eigenvalue weighted by molar-refractivity contribution is 0.900. The van der Waals surface area contributed by atoms with E-state index in [0.29, 0.717) is 0 Å². The van der Waals surface area contributed by atoms with Crippen molar-refractivity contribution in [2.45, 2.75) is 12.3 Å². The van der Waals surface area contributed by atoms with E-state index in [9.17, 15) is 5.26 Å². The minimum absolute atomic E-state index is 0.199. The van der Waals surface area contributed by atoms with Crippen molar-refractivity contribution in [2.24, 2.45) is 0 Å². The number of hydrogen-bond acceptors (Lipinski definition) is 3. The van der Waals surface area contributed by atoms with Gasteiger partial charge >= 0.3 is 0 Å². The summed E-state index contributed by atoms with van der Waals surface area (Å²) in [5.41, 5.74) is 4.21. The van der Waals surface area contributed by atoms with E-state index in [1.807, 2.05) is 42.5 Å². The number of aromatic nitrogens is 1. The van der Waals surface area contributed by atoms with E-state index < -0.39 is 5.92 Å². The maximum absolute atomic E-state index is 9.63. The highest BCUT2D eigenvalue weighted by atomic mass is 32.1. The van der Waals surface area contributed by atoms with Crippen molar-refractivity contribution in [3.63, 3.8) is 0 Å². The molecule has 0 aliphatic rings. The van der Waals surface area contributed by atoms with Crippen molar-refractivity contribution in [2.75, 3.05) is 0 Å². The Hall–Kier alpha value is -3.08. The quantitative estimate of drug-likeness (QED) is 0.510. The number of hydrogen-bond donors (Lipinski definition) is 0. The second-order valence-electron chi connectivity index (χ2n) is 5.61. The summed E-state index contributed by atoms with van der Waals surface area (Å²) in [5, 5.41) is 18.8. The molecule has 0 bridgehead atoms. The summed E-state index contributed by atoms with van der Waals surface area (Å²) in [6.07, 6.45) is 2.30. The molecule has 0 saturated heterocycles. The fourth-order valence-electron chi connectivity index (χ4n) is 3.12. The Morgan fingerprint density at radius 1 is 1.00 bits per heavy atom. The lowest BCUT2D eigenvalue weighted by Gasteiger charge is -2.07. The molecule has 0 unspecified atom stereocenters.